The maximum Gasteiger partial charge on any atom is 0.123 e. The smallest absolute Gasteiger partial charge is 0.123 e. The minimum Gasteiger partial charge on any atom is -0.340 e. The molecule has 20 heavy (non-hydrogen) atoms. The predicted octanol–water partition coefficient (Wildman–Crippen LogP) is 4.73. The molecule has 0 fully saturated rings. The Balaban J connectivity index is 2.35. The molecule has 2 aromatic heterocycles. The summed E-state index contributed by atoms with van der Waals surface area (Å²) in [6.07, 6.45) is 1.81. The Hall–Kier alpha value is -2.16. The SMILES string of the molecule is Cc1c(-c2ccc(F)cc2)c2ncccc2n1C(C)C. The zero-order chi connectivity index (χ0) is 14.3. The fourth-order valence-corrected chi connectivity index (χ4v) is 2.88. The Labute approximate surface area is 117 Å². The van der Waals surface area contributed by atoms with Crippen LogP contribution in [-0.2, 0) is 0 Å². The summed E-state index contributed by atoms with van der Waals surface area (Å²) in [4.78, 5) is 4.53. The molecule has 0 N–H and O–H groups in total. The molecule has 3 heteroatoms. The lowest BCUT2D eigenvalue weighted by molar-refractivity contribution is 0.608. The van der Waals surface area contributed by atoms with E-state index in [1.807, 2.05) is 18.2 Å². The number of hydrogen-bond donors (Lipinski definition) is 0. The number of nitrogens with zero attached hydrogens (tertiary/aromatic N) is 2. The van der Waals surface area contributed by atoms with E-state index in [0.717, 1.165) is 22.2 Å². The summed E-state index contributed by atoms with van der Waals surface area (Å²) in [7, 11) is 0. The first-order valence-electron chi connectivity index (χ1n) is 6.81. The van der Waals surface area contributed by atoms with Gasteiger partial charge in [0, 0.05) is 23.5 Å². The second-order valence-corrected chi connectivity index (χ2v) is 5.30. The van der Waals surface area contributed by atoms with Crippen LogP contribution in [-0.4, -0.2) is 9.55 Å². The molecule has 0 aliphatic heterocycles. The van der Waals surface area contributed by atoms with Crippen LogP contribution in [0.15, 0.2) is 42.6 Å². The van der Waals surface area contributed by atoms with Gasteiger partial charge in [-0.3, -0.25) is 4.98 Å². The van der Waals surface area contributed by atoms with Gasteiger partial charge >= 0.3 is 0 Å². The predicted molar refractivity (Wildman–Crippen MR) is 80.2 cm³/mol. The molecule has 0 bridgehead atoms. The molecule has 0 aliphatic rings. The minimum atomic E-state index is -0.216. The molecule has 2 heterocycles. The van der Waals surface area contributed by atoms with Gasteiger partial charge in [0.1, 0.15) is 5.82 Å². The number of benzene rings is 1. The summed E-state index contributed by atoms with van der Waals surface area (Å²) in [6.45, 7) is 6.42. The van der Waals surface area contributed by atoms with Gasteiger partial charge in [-0.15, -0.1) is 0 Å². The highest BCUT2D eigenvalue weighted by Crippen LogP contribution is 2.35. The van der Waals surface area contributed by atoms with E-state index >= 15 is 0 Å². The van der Waals surface area contributed by atoms with Crippen molar-refractivity contribution in [3.8, 4) is 11.1 Å². The van der Waals surface area contributed by atoms with E-state index in [4.69, 9.17) is 0 Å². The molecule has 102 valence electrons. The van der Waals surface area contributed by atoms with Crippen molar-refractivity contribution in [1.29, 1.82) is 0 Å². The standard InChI is InChI=1S/C17H17FN2/c1-11(2)20-12(3)16(13-6-8-14(18)9-7-13)17-15(20)5-4-10-19-17/h4-11H,1-3H3. The van der Waals surface area contributed by atoms with Crippen LogP contribution in [0.3, 0.4) is 0 Å². The molecular formula is C17H17FN2. The van der Waals surface area contributed by atoms with Gasteiger partial charge in [-0.25, -0.2) is 4.39 Å². The van der Waals surface area contributed by atoms with E-state index in [0.29, 0.717) is 6.04 Å². The number of pyridine rings is 1. The maximum absolute atomic E-state index is 13.1. The quantitative estimate of drug-likeness (QED) is 0.657. The Morgan fingerprint density at radius 3 is 2.45 bits per heavy atom. The third-order valence-electron chi connectivity index (χ3n) is 3.66. The molecule has 3 aromatic rings. The molecule has 0 saturated heterocycles. The van der Waals surface area contributed by atoms with E-state index < -0.39 is 0 Å². The third-order valence-corrected chi connectivity index (χ3v) is 3.66. The average Bonchev–Trinajstić information content (AvgIpc) is 2.72. The highest BCUT2D eigenvalue weighted by atomic mass is 19.1. The van der Waals surface area contributed by atoms with Crippen LogP contribution < -0.4 is 0 Å². The topological polar surface area (TPSA) is 17.8 Å². The summed E-state index contributed by atoms with van der Waals surface area (Å²) in [5.41, 5.74) is 5.37. The van der Waals surface area contributed by atoms with E-state index in [2.05, 4.69) is 36.4 Å². The second-order valence-electron chi connectivity index (χ2n) is 5.30. The molecule has 0 spiro atoms. The van der Waals surface area contributed by atoms with Gasteiger partial charge < -0.3 is 4.57 Å². The first-order valence-corrected chi connectivity index (χ1v) is 6.81. The number of fused-ring (bicyclic) bond motifs is 1. The van der Waals surface area contributed by atoms with Crippen molar-refractivity contribution < 1.29 is 4.39 Å². The molecule has 1 aromatic carbocycles. The second kappa shape index (κ2) is 4.75. The lowest BCUT2D eigenvalue weighted by Gasteiger charge is -2.12. The number of halogens is 1. The zero-order valence-electron chi connectivity index (χ0n) is 11.9. The van der Waals surface area contributed by atoms with Gasteiger partial charge in [0.05, 0.1) is 11.0 Å². The zero-order valence-corrected chi connectivity index (χ0v) is 11.9. The van der Waals surface area contributed by atoms with Gasteiger partial charge in [-0.05, 0) is 50.6 Å². The van der Waals surface area contributed by atoms with Crippen molar-refractivity contribution in [1.82, 2.24) is 9.55 Å². The van der Waals surface area contributed by atoms with Crippen molar-refractivity contribution in [2.24, 2.45) is 0 Å². The minimum absolute atomic E-state index is 0.216. The Kier molecular flexibility index (Phi) is 3.05. The highest BCUT2D eigenvalue weighted by Gasteiger charge is 2.17. The van der Waals surface area contributed by atoms with Gasteiger partial charge in [0.2, 0.25) is 0 Å². The monoisotopic (exact) mass is 268 g/mol. The lowest BCUT2D eigenvalue weighted by Crippen LogP contribution is -2.02. The fourth-order valence-electron chi connectivity index (χ4n) is 2.88. The van der Waals surface area contributed by atoms with Gasteiger partial charge in [0.15, 0.2) is 0 Å². The molecule has 0 aliphatic carbocycles. The third kappa shape index (κ3) is 1.90. The van der Waals surface area contributed by atoms with Crippen LogP contribution in [0.4, 0.5) is 4.39 Å². The van der Waals surface area contributed by atoms with Crippen molar-refractivity contribution in [3.05, 3.63) is 54.1 Å². The molecule has 0 radical (unpaired) electrons. The van der Waals surface area contributed by atoms with Crippen LogP contribution in [0.2, 0.25) is 0 Å². The van der Waals surface area contributed by atoms with Crippen LogP contribution in [0.5, 0.6) is 0 Å². The summed E-state index contributed by atoms with van der Waals surface area (Å²) in [5, 5.41) is 0. The van der Waals surface area contributed by atoms with Gasteiger partial charge in [0.25, 0.3) is 0 Å². The van der Waals surface area contributed by atoms with Crippen LogP contribution in [0.25, 0.3) is 22.2 Å². The molecule has 0 atom stereocenters. The largest absolute Gasteiger partial charge is 0.340 e. The van der Waals surface area contributed by atoms with Crippen LogP contribution >= 0.6 is 0 Å². The molecule has 0 unspecified atom stereocenters. The normalized spacial score (nSPS) is 11.4. The molecular weight excluding hydrogens is 251 g/mol. The number of aromatic nitrogens is 2. The van der Waals surface area contributed by atoms with Crippen molar-refractivity contribution in [2.75, 3.05) is 0 Å². The molecule has 0 saturated carbocycles. The summed E-state index contributed by atoms with van der Waals surface area (Å²) >= 11 is 0. The van der Waals surface area contributed by atoms with Crippen LogP contribution in [0, 0.1) is 12.7 Å². The Morgan fingerprint density at radius 1 is 1.10 bits per heavy atom. The van der Waals surface area contributed by atoms with E-state index in [-0.39, 0.29) is 5.82 Å². The fraction of sp³-hybridized carbons (Fsp3) is 0.235. The summed E-state index contributed by atoms with van der Waals surface area (Å²) < 4.78 is 15.4. The number of rotatable bonds is 2. The van der Waals surface area contributed by atoms with Gasteiger partial charge in [-0.1, -0.05) is 12.1 Å². The Bertz CT molecular complexity index is 755. The average molecular weight is 268 g/mol. The Morgan fingerprint density at radius 2 is 1.80 bits per heavy atom. The first-order chi connectivity index (χ1) is 9.59. The number of hydrogen-bond acceptors (Lipinski definition) is 1. The van der Waals surface area contributed by atoms with Crippen molar-refractivity contribution in [2.45, 2.75) is 26.8 Å². The van der Waals surface area contributed by atoms with Crippen molar-refractivity contribution in [3.63, 3.8) is 0 Å². The first kappa shape index (κ1) is 12.9. The molecule has 3 rings (SSSR count). The van der Waals surface area contributed by atoms with Crippen LogP contribution in [0.1, 0.15) is 25.6 Å². The summed E-state index contributed by atoms with van der Waals surface area (Å²) in [5.74, 6) is -0.216. The summed E-state index contributed by atoms with van der Waals surface area (Å²) in [6, 6.07) is 11.0. The van der Waals surface area contributed by atoms with E-state index in [1.54, 1.807) is 6.20 Å². The van der Waals surface area contributed by atoms with E-state index in [1.165, 1.54) is 17.8 Å². The van der Waals surface area contributed by atoms with Crippen molar-refractivity contribution >= 4 is 11.0 Å². The maximum atomic E-state index is 13.1. The highest BCUT2D eigenvalue weighted by molar-refractivity contribution is 5.95. The molecule has 0 amide bonds. The van der Waals surface area contributed by atoms with E-state index in [9.17, 15) is 4.39 Å². The lowest BCUT2D eigenvalue weighted by atomic mass is 10.1. The van der Waals surface area contributed by atoms with Gasteiger partial charge in [-0.2, -0.15) is 0 Å². The molecule has 2 nitrogen and oxygen atoms in total.